The summed E-state index contributed by atoms with van der Waals surface area (Å²) in [4.78, 5) is 49.4. The molecule has 0 saturated carbocycles. The second-order valence-corrected chi connectivity index (χ2v) is 5.90. The van der Waals surface area contributed by atoms with E-state index in [0.29, 0.717) is 5.69 Å². The number of carbonyl (C=O) groups is 4. The number of fused-ring (bicyclic) bond motifs is 1. The summed E-state index contributed by atoms with van der Waals surface area (Å²) in [6.45, 7) is 3.00. The largest absolute Gasteiger partial charge is 0.452 e. The van der Waals surface area contributed by atoms with Crippen LogP contribution in [0.5, 0.6) is 0 Å². The van der Waals surface area contributed by atoms with E-state index in [4.69, 9.17) is 4.74 Å². The van der Waals surface area contributed by atoms with E-state index >= 15 is 0 Å². The van der Waals surface area contributed by atoms with Crippen molar-refractivity contribution in [3.8, 4) is 0 Å². The molecule has 28 heavy (non-hydrogen) atoms. The van der Waals surface area contributed by atoms with E-state index in [0.717, 1.165) is 4.90 Å². The third-order valence-corrected chi connectivity index (χ3v) is 3.98. The summed E-state index contributed by atoms with van der Waals surface area (Å²) in [5, 5.41) is 2.45. The summed E-state index contributed by atoms with van der Waals surface area (Å²) in [7, 11) is 0. The molecule has 1 N–H and O–H groups in total. The van der Waals surface area contributed by atoms with Crippen molar-refractivity contribution in [2.24, 2.45) is 0 Å². The first-order valence-electron chi connectivity index (χ1n) is 8.24. The fraction of sp³-hybridized carbons (Fsp3) is 0.100. The molecule has 2 aromatic rings. The predicted molar refractivity (Wildman–Crippen MR) is 97.3 cm³/mol. The van der Waals surface area contributed by atoms with Crippen molar-refractivity contribution in [2.75, 3.05) is 18.5 Å². The Hall–Kier alpha value is -3.81. The van der Waals surface area contributed by atoms with Gasteiger partial charge in [-0.05, 0) is 42.5 Å². The number of benzene rings is 2. The molecule has 2 aromatic carbocycles. The number of halogens is 1. The molecule has 0 atom stereocenters. The van der Waals surface area contributed by atoms with Gasteiger partial charge in [-0.3, -0.25) is 19.3 Å². The van der Waals surface area contributed by atoms with Gasteiger partial charge in [-0.1, -0.05) is 6.08 Å². The maximum atomic E-state index is 12.8. The Balaban J connectivity index is 1.63. The highest BCUT2D eigenvalue weighted by Gasteiger charge is 2.35. The first kappa shape index (κ1) is 19.0. The van der Waals surface area contributed by atoms with Crippen molar-refractivity contribution in [2.45, 2.75) is 0 Å². The summed E-state index contributed by atoms with van der Waals surface area (Å²) in [5.74, 6) is -2.85. The zero-order valence-corrected chi connectivity index (χ0v) is 14.6. The highest BCUT2D eigenvalue weighted by Crippen LogP contribution is 2.24. The van der Waals surface area contributed by atoms with Gasteiger partial charge in [0.05, 0.1) is 16.7 Å². The number of hydrogen-bond donors (Lipinski definition) is 1. The topological polar surface area (TPSA) is 92.8 Å². The molecule has 0 unspecified atom stereocenters. The zero-order valence-electron chi connectivity index (χ0n) is 14.6. The average Bonchev–Trinajstić information content (AvgIpc) is 2.92. The molecule has 0 aromatic heterocycles. The fourth-order valence-corrected chi connectivity index (χ4v) is 2.66. The van der Waals surface area contributed by atoms with Gasteiger partial charge in [-0.25, -0.2) is 9.18 Å². The van der Waals surface area contributed by atoms with E-state index in [1.165, 1.54) is 48.5 Å². The minimum absolute atomic E-state index is 0.0370. The minimum atomic E-state index is -0.820. The average molecular weight is 382 g/mol. The number of esters is 1. The second-order valence-electron chi connectivity index (χ2n) is 5.90. The molecule has 0 saturated heterocycles. The molecule has 3 amide bonds. The molecule has 1 aliphatic rings. The van der Waals surface area contributed by atoms with Gasteiger partial charge in [-0.15, -0.1) is 6.58 Å². The lowest BCUT2D eigenvalue weighted by molar-refractivity contribution is -0.119. The summed E-state index contributed by atoms with van der Waals surface area (Å²) < 4.78 is 17.8. The van der Waals surface area contributed by atoms with Gasteiger partial charge >= 0.3 is 5.97 Å². The van der Waals surface area contributed by atoms with Gasteiger partial charge in [0.1, 0.15) is 5.82 Å². The Labute approximate surface area is 159 Å². The highest BCUT2D eigenvalue weighted by atomic mass is 19.1. The summed E-state index contributed by atoms with van der Waals surface area (Å²) in [6, 6.07) is 9.08. The molecule has 0 spiro atoms. The van der Waals surface area contributed by atoms with Crippen molar-refractivity contribution in [3.63, 3.8) is 0 Å². The molecule has 142 valence electrons. The Bertz CT molecular complexity index is 985. The van der Waals surface area contributed by atoms with Crippen LogP contribution in [0.2, 0.25) is 0 Å². The number of hydrogen-bond acceptors (Lipinski definition) is 5. The first-order chi connectivity index (χ1) is 13.4. The lowest BCUT2D eigenvalue weighted by atomic mass is 10.1. The number of amides is 3. The molecule has 1 heterocycles. The van der Waals surface area contributed by atoms with Crippen LogP contribution in [0.1, 0.15) is 31.1 Å². The first-order valence-corrected chi connectivity index (χ1v) is 8.24. The molecule has 3 rings (SSSR count). The Morgan fingerprint density at radius 3 is 2.43 bits per heavy atom. The van der Waals surface area contributed by atoms with Crippen LogP contribution in [0.4, 0.5) is 10.1 Å². The van der Waals surface area contributed by atoms with Crippen LogP contribution in [-0.2, 0) is 9.53 Å². The molecule has 7 nitrogen and oxygen atoms in total. The lowest BCUT2D eigenvalue weighted by Gasteiger charge is -2.09. The van der Waals surface area contributed by atoms with Crippen LogP contribution in [0, 0.1) is 5.82 Å². The molecule has 0 aliphatic carbocycles. The third kappa shape index (κ3) is 3.80. The maximum absolute atomic E-state index is 12.8. The zero-order chi connectivity index (χ0) is 20.3. The number of ether oxygens (including phenoxy) is 1. The summed E-state index contributed by atoms with van der Waals surface area (Å²) in [5.41, 5.74) is 0.677. The number of nitrogens with one attached hydrogen (secondary N) is 1. The van der Waals surface area contributed by atoms with Crippen LogP contribution in [0.15, 0.2) is 55.1 Å². The quantitative estimate of drug-likeness (QED) is 0.471. The number of imide groups is 1. The molecule has 0 radical (unpaired) electrons. The van der Waals surface area contributed by atoms with E-state index in [1.807, 2.05) is 0 Å². The number of nitrogens with zero attached hydrogens (tertiary/aromatic N) is 1. The van der Waals surface area contributed by atoms with Gasteiger partial charge in [0, 0.05) is 12.2 Å². The number of rotatable bonds is 6. The van der Waals surface area contributed by atoms with E-state index in [1.54, 1.807) is 0 Å². The SMILES string of the molecule is C=CCN1C(=O)c2ccc(C(=O)OCC(=O)Nc3ccc(F)cc3)cc2C1=O. The molecule has 0 bridgehead atoms. The van der Waals surface area contributed by atoms with Crippen LogP contribution in [0.25, 0.3) is 0 Å². The predicted octanol–water partition coefficient (Wildman–Crippen LogP) is 2.40. The Morgan fingerprint density at radius 1 is 1.07 bits per heavy atom. The van der Waals surface area contributed by atoms with Crippen molar-refractivity contribution >= 4 is 29.4 Å². The molecular formula is C20H15FN2O5. The molecule has 8 heteroatoms. The van der Waals surface area contributed by atoms with Gasteiger partial charge in [-0.2, -0.15) is 0 Å². The molecular weight excluding hydrogens is 367 g/mol. The van der Waals surface area contributed by atoms with Crippen molar-refractivity contribution in [3.05, 3.63) is 77.6 Å². The summed E-state index contributed by atoms with van der Waals surface area (Å²) in [6.07, 6.45) is 1.43. The fourth-order valence-electron chi connectivity index (χ4n) is 2.66. The van der Waals surface area contributed by atoms with E-state index in [-0.39, 0.29) is 23.2 Å². The van der Waals surface area contributed by atoms with Crippen molar-refractivity contribution < 1.29 is 28.3 Å². The number of carbonyl (C=O) groups excluding carboxylic acids is 4. The highest BCUT2D eigenvalue weighted by molar-refractivity contribution is 6.22. The van der Waals surface area contributed by atoms with Crippen LogP contribution in [0.3, 0.4) is 0 Å². The minimum Gasteiger partial charge on any atom is -0.452 e. The Morgan fingerprint density at radius 2 is 1.75 bits per heavy atom. The van der Waals surface area contributed by atoms with Crippen LogP contribution in [-0.4, -0.2) is 41.7 Å². The van der Waals surface area contributed by atoms with Gasteiger partial charge < -0.3 is 10.1 Å². The van der Waals surface area contributed by atoms with Crippen molar-refractivity contribution in [1.29, 1.82) is 0 Å². The maximum Gasteiger partial charge on any atom is 0.338 e. The van der Waals surface area contributed by atoms with E-state index < -0.39 is 36.1 Å². The van der Waals surface area contributed by atoms with Crippen molar-refractivity contribution in [1.82, 2.24) is 4.90 Å². The smallest absolute Gasteiger partial charge is 0.338 e. The normalized spacial score (nSPS) is 12.5. The van der Waals surface area contributed by atoms with Gasteiger partial charge in [0.25, 0.3) is 17.7 Å². The van der Waals surface area contributed by atoms with E-state index in [9.17, 15) is 23.6 Å². The lowest BCUT2D eigenvalue weighted by Crippen LogP contribution is -2.29. The van der Waals surface area contributed by atoms with Crippen LogP contribution < -0.4 is 5.32 Å². The number of anilines is 1. The molecule has 1 aliphatic heterocycles. The van der Waals surface area contributed by atoms with Gasteiger partial charge in [0.2, 0.25) is 0 Å². The van der Waals surface area contributed by atoms with Gasteiger partial charge in [0.15, 0.2) is 6.61 Å². The molecule has 0 fully saturated rings. The third-order valence-electron chi connectivity index (χ3n) is 3.98. The Kier molecular flexibility index (Phi) is 5.30. The van der Waals surface area contributed by atoms with Crippen LogP contribution >= 0.6 is 0 Å². The van der Waals surface area contributed by atoms with E-state index in [2.05, 4.69) is 11.9 Å². The second kappa shape index (κ2) is 7.83. The monoisotopic (exact) mass is 382 g/mol. The standard InChI is InChI=1S/C20H15FN2O5/c1-2-9-23-18(25)15-8-3-12(10-16(15)19(23)26)20(27)28-11-17(24)22-14-6-4-13(21)5-7-14/h2-8,10H,1,9,11H2,(H,22,24). The summed E-state index contributed by atoms with van der Waals surface area (Å²) >= 11 is 0.